The molecule has 0 fully saturated rings. The van der Waals surface area contributed by atoms with E-state index in [9.17, 15) is 18.4 Å². The highest BCUT2D eigenvalue weighted by molar-refractivity contribution is 7.99. The average Bonchev–Trinajstić information content (AvgIpc) is 2.89. The highest BCUT2D eigenvalue weighted by atomic mass is 35.5. The van der Waals surface area contributed by atoms with E-state index in [1.165, 1.54) is 34.9 Å². The number of rotatable bonds is 12. The van der Waals surface area contributed by atoms with E-state index in [0.29, 0.717) is 11.1 Å². The monoisotopic (exact) mass is 544 g/mol. The van der Waals surface area contributed by atoms with Crippen molar-refractivity contribution in [3.63, 3.8) is 0 Å². The number of benzene rings is 3. The standard InChI is InChI=1S/C29H31ClF2N2O2S/c1-3-20(2)33-29(36)27(16-21-10-5-4-6-11-21)34(17-22-12-7-8-14-25(22)31)28(35)19-37-18-23-24(30)13-9-15-26(23)32/h4-15,20,27H,3,16-19H2,1-2H3,(H,33,36)/t20-,27-/m1/s1. The molecule has 0 bridgehead atoms. The summed E-state index contributed by atoms with van der Waals surface area (Å²) in [5.41, 5.74) is 1.51. The molecule has 0 aliphatic carbocycles. The highest BCUT2D eigenvalue weighted by Crippen LogP contribution is 2.25. The van der Waals surface area contributed by atoms with Gasteiger partial charge < -0.3 is 10.2 Å². The molecular formula is C29H31ClF2N2O2S. The lowest BCUT2D eigenvalue weighted by molar-refractivity contribution is -0.139. The Hall–Kier alpha value is -2.90. The maximum Gasteiger partial charge on any atom is 0.243 e. The summed E-state index contributed by atoms with van der Waals surface area (Å²) < 4.78 is 28.8. The molecule has 0 aliphatic rings. The molecule has 3 aromatic rings. The lowest BCUT2D eigenvalue weighted by Gasteiger charge is -2.32. The molecule has 0 saturated heterocycles. The van der Waals surface area contributed by atoms with Crippen LogP contribution >= 0.6 is 23.4 Å². The smallest absolute Gasteiger partial charge is 0.243 e. The maximum atomic E-state index is 14.6. The summed E-state index contributed by atoms with van der Waals surface area (Å²) in [5.74, 6) is -1.38. The largest absolute Gasteiger partial charge is 0.352 e. The third-order valence-corrected chi connectivity index (χ3v) is 7.40. The molecule has 8 heteroatoms. The summed E-state index contributed by atoms with van der Waals surface area (Å²) in [4.78, 5) is 28.5. The van der Waals surface area contributed by atoms with Gasteiger partial charge in [-0.1, -0.05) is 73.1 Å². The normalized spacial score (nSPS) is 12.6. The maximum absolute atomic E-state index is 14.6. The molecule has 1 N–H and O–H groups in total. The van der Waals surface area contributed by atoms with E-state index in [1.807, 2.05) is 44.2 Å². The molecule has 3 rings (SSSR count). The predicted molar refractivity (Wildman–Crippen MR) is 146 cm³/mol. The lowest BCUT2D eigenvalue weighted by atomic mass is 10.0. The van der Waals surface area contributed by atoms with Crippen LogP contribution in [-0.4, -0.2) is 34.6 Å². The summed E-state index contributed by atoms with van der Waals surface area (Å²) in [5, 5.41) is 3.27. The van der Waals surface area contributed by atoms with Crippen molar-refractivity contribution in [2.75, 3.05) is 5.75 Å². The van der Waals surface area contributed by atoms with E-state index in [2.05, 4.69) is 5.32 Å². The first-order valence-electron chi connectivity index (χ1n) is 12.2. The zero-order valence-corrected chi connectivity index (χ0v) is 22.5. The SMILES string of the molecule is CC[C@@H](C)NC(=O)[C@@H](Cc1ccccc1)N(Cc1ccccc1F)C(=O)CSCc1c(F)cccc1Cl. The molecule has 37 heavy (non-hydrogen) atoms. The molecule has 4 nitrogen and oxygen atoms in total. The number of nitrogens with zero attached hydrogens (tertiary/aromatic N) is 1. The van der Waals surface area contributed by atoms with Crippen molar-refractivity contribution in [3.8, 4) is 0 Å². The molecular weight excluding hydrogens is 514 g/mol. The second-order valence-electron chi connectivity index (χ2n) is 8.83. The number of amides is 2. The third-order valence-electron chi connectivity index (χ3n) is 6.10. The van der Waals surface area contributed by atoms with Crippen molar-refractivity contribution in [2.24, 2.45) is 0 Å². The summed E-state index contributed by atoms with van der Waals surface area (Å²) in [6, 6.07) is 19.1. The van der Waals surface area contributed by atoms with Crippen LogP contribution in [0.5, 0.6) is 0 Å². The summed E-state index contributed by atoms with van der Waals surface area (Å²) in [6.45, 7) is 3.79. The van der Waals surface area contributed by atoms with Gasteiger partial charge in [-0.3, -0.25) is 9.59 Å². The first kappa shape index (κ1) is 28.7. The first-order valence-corrected chi connectivity index (χ1v) is 13.7. The van der Waals surface area contributed by atoms with Crippen LogP contribution in [-0.2, 0) is 28.3 Å². The molecule has 0 aromatic heterocycles. The Kier molecular flexibility index (Phi) is 11.0. The topological polar surface area (TPSA) is 49.4 Å². The van der Waals surface area contributed by atoms with E-state index in [1.54, 1.807) is 24.3 Å². The van der Waals surface area contributed by atoms with Crippen LogP contribution < -0.4 is 5.32 Å². The van der Waals surface area contributed by atoms with Crippen molar-refractivity contribution in [1.29, 1.82) is 0 Å². The number of carbonyl (C=O) groups excluding carboxylic acids is 2. The van der Waals surface area contributed by atoms with Crippen molar-refractivity contribution >= 4 is 35.2 Å². The van der Waals surface area contributed by atoms with Crippen LogP contribution in [0, 0.1) is 11.6 Å². The molecule has 0 aliphatic heterocycles. The Labute approximate surface area is 226 Å². The van der Waals surface area contributed by atoms with Gasteiger partial charge in [-0.25, -0.2) is 8.78 Å². The van der Waals surface area contributed by atoms with E-state index >= 15 is 0 Å². The third kappa shape index (κ3) is 8.30. The quantitative estimate of drug-likeness (QED) is 0.287. The van der Waals surface area contributed by atoms with E-state index < -0.39 is 17.7 Å². The molecule has 0 spiro atoms. The molecule has 0 heterocycles. The summed E-state index contributed by atoms with van der Waals surface area (Å²) in [7, 11) is 0. The Bertz CT molecular complexity index is 1180. The Morgan fingerprint density at radius 2 is 1.65 bits per heavy atom. The van der Waals surface area contributed by atoms with Crippen molar-refractivity contribution in [2.45, 2.75) is 51.1 Å². The van der Waals surface area contributed by atoms with E-state index in [0.717, 1.165) is 12.0 Å². The predicted octanol–water partition coefficient (Wildman–Crippen LogP) is 6.41. The van der Waals surface area contributed by atoms with Gasteiger partial charge in [0, 0.05) is 40.9 Å². The lowest BCUT2D eigenvalue weighted by Crippen LogP contribution is -2.52. The molecule has 2 atom stereocenters. The van der Waals surface area contributed by atoms with Gasteiger partial charge in [0.15, 0.2) is 0 Å². The van der Waals surface area contributed by atoms with Crippen LogP contribution in [0.1, 0.15) is 37.0 Å². The average molecular weight is 545 g/mol. The van der Waals surface area contributed by atoms with Crippen LogP contribution in [0.15, 0.2) is 72.8 Å². The van der Waals surface area contributed by atoms with Crippen molar-refractivity contribution < 1.29 is 18.4 Å². The Balaban J connectivity index is 1.89. The van der Waals surface area contributed by atoms with Crippen LogP contribution in [0.4, 0.5) is 8.78 Å². The Morgan fingerprint density at radius 1 is 0.973 bits per heavy atom. The highest BCUT2D eigenvalue weighted by Gasteiger charge is 2.31. The van der Waals surface area contributed by atoms with Crippen molar-refractivity contribution in [1.82, 2.24) is 10.2 Å². The van der Waals surface area contributed by atoms with E-state index in [-0.39, 0.29) is 47.4 Å². The van der Waals surface area contributed by atoms with Crippen LogP contribution in [0.25, 0.3) is 0 Å². The van der Waals surface area contributed by atoms with Gasteiger partial charge >= 0.3 is 0 Å². The second-order valence-corrected chi connectivity index (χ2v) is 10.2. The van der Waals surface area contributed by atoms with Crippen LogP contribution in [0.2, 0.25) is 5.02 Å². The fraction of sp³-hybridized carbons (Fsp3) is 0.310. The van der Waals surface area contributed by atoms with Crippen LogP contribution in [0.3, 0.4) is 0 Å². The molecule has 3 aromatic carbocycles. The van der Waals surface area contributed by atoms with Gasteiger partial charge in [0.25, 0.3) is 0 Å². The van der Waals surface area contributed by atoms with Gasteiger partial charge in [0.05, 0.1) is 5.75 Å². The van der Waals surface area contributed by atoms with Gasteiger partial charge in [0.2, 0.25) is 11.8 Å². The number of carbonyl (C=O) groups is 2. The van der Waals surface area contributed by atoms with Gasteiger partial charge in [-0.05, 0) is 37.1 Å². The molecule has 196 valence electrons. The number of halogens is 3. The van der Waals surface area contributed by atoms with Gasteiger partial charge in [-0.15, -0.1) is 11.8 Å². The van der Waals surface area contributed by atoms with Gasteiger partial charge in [-0.2, -0.15) is 0 Å². The fourth-order valence-electron chi connectivity index (χ4n) is 3.80. The number of hydrogen-bond donors (Lipinski definition) is 1. The molecule has 2 amide bonds. The minimum atomic E-state index is -0.860. The molecule has 0 radical (unpaired) electrons. The van der Waals surface area contributed by atoms with Crippen molar-refractivity contribution in [3.05, 3.63) is 106 Å². The zero-order chi connectivity index (χ0) is 26.8. The number of hydrogen-bond acceptors (Lipinski definition) is 3. The number of thioether (sulfide) groups is 1. The summed E-state index contributed by atoms with van der Waals surface area (Å²) >= 11 is 7.33. The first-order chi connectivity index (χ1) is 17.8. The minimum Gasteiger partial charge on any atom is -0.352 e. The minimum absolute atomic E-state index is 0.0268. The number of nitrogens with one attached hydrogen (secondary N) is 1. The Morgan fingerprint density at radius 3 is 2.32 bits per heavy atom. The second kappa shape index (κ2) is 14.1. The zero-order valence-electron chi connectivity index (χ0n) is 20.9. The summed E-state index contributed by atoms with van der Waals surface area (Å²) in [6.07, 6.45) is 0.997. The molecule has 0 unspecified atom stereocenters. The molecule has 0 saturated carbocycles. The van der Waals surface area contributed by atoms with E-state index in [4.69, 9.17) is 11.6 Å². The fourth-order valence-corrected chi connectivity index (χ4v) is 5.05. The van der Waals surface area contributed by atoms with Gasteiger partial charge in [0.1, 0.15) is 17.7 Å².